The van der Waals surface area contributed by atoms with Crippen LogP contribution in [-0.2, 0) is 0 Å². The highest BCUT2D eigenvalue weighted by molar-refractivity contribution is 5.63. The number of rotatable bonds is 3. The van der Waals surface area contributed by atoms with Crippen molar-refractivity contribution in [2.75, 3.05) is 51.7 Å². The van der Waals surface area contributed by atoms with Crippen LogP contribution >= 0.6 is 0 Å². The van der Waals surface area contributed by atoms with Gasteiger partial charge in [0.1, 0.15) is 5.75 Å². The number of anilines is 1. The zero-order chi connectivity index (χ0) is 12.4. The Hall–Kier alpha value is -1.26. The summed E-state index contributed by atoms with van der Waals surface area (Å²) in [5, 5.41) is 6.89. The van der Waals surface area contributed by atoms with E-state index in [1.165, 1.54) is 11.3 Å². The topological polar surface area (TPSA) is 36.5 Å². The summed E-state index contributed by atoms with van der Waals surface area (Å²) in [6.07, 6.45) is 0. The quantitative estimate of drug-likeness (QED) is 0.839. The highest BCUT2D eigenvalue weighted by Crippen LogP contribution is 2.38. The van der Waals surface area contributed by atoms with E-state index in [4.69, 9.17) is 4.74 Å². The van der Waals surface area contributed by atoms with Crippen molar-refractivity contribution < 1.29 is 4.74 Å². The number of hydrogen-bond donors (Lipinski definition) is 2. The van der Waals surface area contributed by atoms with E-state index in [2.05, 4.69) is 33.7 Å². The van der Waals surface area contributed by atoms with Crippen molar-refractivity contribution in [1.29, 1.82) is 0 Å². The largest absolute Gasteiger partial charge is 0.496 e. The third-order valence-electron chi connectivity index (χ3n) is 3.92. The van der Waals surface area contributed by atoms with Crippen LogP contribution in [0, 0.1) is 0 Å². The Kier molecular flexibility index (Phi) is 3.39. The number of hydrogen-bond acceptors (Lipinski definition) is 4. The molecule has 2 aliphatic rings. The maximum absolute atomic E-state index is 5.51. The molecule has 1 aromatic carbocycles. The van der Waals surface area contributed by atoms with Gasteiger partial charge in [0.25, 0.3) is 0 Å². The van der Waals surface area contributed by atoms with Crippen LogP contribution in [0.4, 0.5) is 5.69 Å². The molecule has 1 unspecified atom stereocenters. The number of ether oxygens (including phenoxy) is 1. The van der Waals surface area contributed by atoms with Crippen molar-refractivity contribution in [3.05, 3.63) is 23.8 Å². The van der Waals surface area contributed by atoms with E-state index in [-0.39, 0.29) is 0 Å². The van der Waals surface area contributed by atoms with Crippen molar-refractivity contribution in [2.45, 2.75) is 5.92 Å². The number of methoxy groups -OCH3 is 1. The molecule has 0 amide bonds. The van der Waals surface area contributed by atoms with E-state index in [9.17, 15) is 0 Å². The minimum absolute atomic E-state index is 0.550. The first-order chi connectivity index (χ1) is 8.88. The molecule has 0 aliphatic carbocycles. The van der Waals surface area contributed by atoms with Gasteiger partial charge in [-0.05, 0) is 12.1 Å². The summed E-state index contributed by atoms with van der Waals surface area (Å²) in [7, 11) is 1.76. The molecule has 1 aromatic rings. The van der Waals surface area contributed by atoms with Gasteiger partial charge in [-0.3, -0.25) is 0 Å². The maximum atomic E-state index is 5.51. The van der Waals surface area contributed by atoms with Gasteiger partial charge in [0.2, 0.25) is 0 Å². The standard InChI is InChI=1S/C14H21N3O/c1-18-13-4-2-3-12-14(13)11(9-16-12)10-17-7-5-15-6-8-17/h2-4,11,15-16H,5-10H2,1H3. The zero-order valence-electron chi connectivity index (χ0n) is 10.9. The van der Waals surface area contributed by atoms with Crippen molar-refractivity contribution >= 4 is 5.69 Å². The monoisotopic (exact) mass is 247 g/mol. The molecule has 3 rings (SSSR count). The van der Waals surface area contributed by atoms with E-state index in [1.807, 2.05) is 0 Å². The predicted molar refractivity (Wildman–Crippen MR) is 73.5 cm³/mol. The van der Waals surface area contributed by atoms with E-state index in [1.54, 1.807) is 7.11 Å². The fourth-order valence-electron chi connectivity index (χ4n) is 2.99. The second kappa shape index (κ2) is 5.16. The lowest BCUT2D eigenvalue weighted by atomic mass is 9.99. The predicted octanol–water partition coefficient (Wildman–Crippen LogP) is 1.11. The van der Waals surface area contributed by atoms with Crippen LogP contribution in [0.15, 0.2) is 18.2 Å². The number of nitrogens with one attached hydrogen (secondary N) is 2. The van der Waals surface area contributed by atoms with Crippen LogP contribution in [0.25, 0.3) is 0 Å². The summed E-state index contributed by atoms with van der Waals surface area (Å²) in [5.74, 6) is 1.58. The summed E-state index contributed by atoms with van der Waals surface area (Å²) >= 11 is 0. The Morgan fingerprint density at radius 2 is 2.17 bits per heavy atom. The molecule has 2 aliphatic heterocycles. The van der Waals surface area contributed by atoms with Gasteiger partial charge in [0.15, 0.2) is 0 Å². The van der Waals surface area contributed by atoms with Crippen LogP contribution in [-0.4, -0.2) is 51.3 Å². The molecule has 98 valence electrons. The average Bonchev–Trinajstić information content (AvgIpc) is 2.83. The van der Waals surface area contributed by atoms with E-state index in [0.717, 1.165) is 45.0 Å². The molecule has 2 N–H and O–H groups in total. The average molecular weight is 247 g/mol. The third kappa shape index (κ3) is 2.18. The van der Waals surface area contributed by atoms with Gasteiger partial charge in [0, 0.05) is 56.4 Å². The first kappa shape index (κ1) is 11.8. The Bertz CT molecular complexity index is 416. The summed E-state index contributed by atoms with van der Waals surface area (Å²) in [5.41, 5.74) is 2.60. The van der Waals surface area contributed by atoms with Crippen LogP contribution < -0.4 is 15.4 Å². The molecule has 0 saturated carbocycles. The summed E-state index contributed by atoms with van der Waals surface area (Å²) in [6, 6.07) is 6.27. The van der Waals surface area contributed by atoms with E-state index in [0.29, 0.717) is 5.92 Å². The number of fused-ring (bicyclic) bond motifs is 1. The second-order valence-electron chi connectivity index (χ2n) is 5.05. The Morgan fingerprint density at radius 1 is 1.33 bits per heavy atom. The molecular weight excluding hydrogens is 226 g/mol. The fourth-order valence-corrected chi connectivity index (χ4v) is 2.99. The number of nitrogens with zero attached hydrogens (tertiary/aromatic N) is 1. The molecule has 0 aromatic heterocycles. The molecule has 1 atom stereocenters. The van der Waals surface area contributed by atoms with Crippen LogP contribution in [0.3, 0.4) is 0 Å². The van der Waals surface area contributed by atoms with Crippen LogP contribution in [0.1, 0.15) is 11.5 Å². The minimum atomic E-state index is 0.550. The fraction of sp³-hybridized carbons (Fsp3) is 0.571. The van der Waals surface area contributed by atoms with Crippen LogP contribution in [0.5, 0.6) is 5.75 Å². The SMILES string of the molecule is COc1cccc2c1C(CN1CCNCC1)CN2. The summed E-state index contributed by atoms with van der Waals surface area (Å²) in [6.45, 7) is 6.68. The zero-order valence-corrected chi connectivity index (χ0v) is 10.9. The van der Waals surface area contributed by atoms with Crippen LogP contribution in [0.2, 0.25) is 0 Å². The van der Waals surface area contributed by atoms with Gasteiger partial charge in [-0.1, -0.05) is 6.07 Å². The lowest BCUT2D eigenvalue weighted by Crippen LogP contribution is -2.45. The number of piperazine rings is 1. The van der Waals surface area contributed by atoms with Crippen molar-refractivity contribution in [1.82, 2.24) is 10.2 Å². The molecule has 1 fully saturated rings. The molecule has 18 heavy (non-hydrogen) atoms. The van der Waals surface area contributed by atoms with Gasteiger partial charge < -0.3 is 20.3 Å². The molecule has 2 heterocycles. The van der Waals surface area contributed by atoms with E-state index < -0.39 is 0 Å². The Labute approximate surface area is 108 Å². The van der Waals surface area contributed by atoms with Gasteiger partial charge >= 0.3 is 0 Å². The van der Waals surface area contributed by atoms with Gasteiger partial charge in [0.05, 0.1) is 7.11 Å². The van der Waals surface area contributed by atoms with Crippen molar-refractivity contribution in [3.8, 4) is 5.75 Å². The normalized spacial score (nSPS) is 23.5. The Balaban J connectivity index is 1.76. The summed E-state index contributed by atoms with van der Waals surface area (Å²) < 4.78 is 5.51. The third-order valence-corrected chi connectivity index (χ3v) is 3.92. The second-order valence-corrected chi connectivity index (χ2v) is 5.05. The highest BCUT2D eigenvalue weighted by Gasteiger charge is 2.27. The van der Waals surface area contributed by atoms with Gasteiger partial charge in [-0.25, -0.2) is 0 Å². The molecular formula is C14H21N3O. The Morgan fingerprint density at radius 3 is 2.94 bits per heavy atom. The lowest BCUT2D eigenvalue weighted by Gasteiger charge is -2.29. The smallest absolute Gasteiger partial charge is 0.124 e. The first-order valence-corrected chi connectivity index (χ1v) is 6.72. The maximum Gasteiger partial charge on any atom is 0.124 e. The molecule has 0 bridgehead atoms. The van der Waals surface area contributed by atoms with Crippen molar-refractivity contribution in [2.24, 2.45) is 0 Å². The lowest BCUT2D eigenvalue weighted by molar-refractivity contribution is 0.229. The van der Waals surface area contributed by atoms with Gasteiger partial charge in [-0.15, -0.1) is 0 Å². The minimum Gasteiger partial charge on any atom is -0.496 e. The molecule has 1 saturated heterocycles. The van der Waals surface area contributed by atoms with Gasteiger partial charge in [-0.2, -0.15) is 0 Å². The molecule has 4 heteroatoms. The van der Waals surface area contributed by atoms with Crippen molar-refractivity contribution in [3.63, 3.8) is 0 Å². The molecule has 0 spiro atoms. The summed E-state index contributed by atoms with van der Waals surface area (Å²) in [4.78, 5) is 2.55. The highest BCUT2D eigenvalue weighted by atomic mass is 16.5. The molecule has 0 radical (unpaired) electrons. The number of benzene rings is 1. The molecule has 4 nitrogen and oxygen atoms in total. The van der Waals surface area contributed by atoms with E-state index >= 15 is 0 Å². The first-order valence-electron chi connectivity index (χ1n) is 6.72.